The third-order valence-corrected chi connectivity index (χ3v) is 3.70. The molecule has 0 bridgehead atoms. The van der Waals surface area contributed by atoms with Gasteiger partial charge in [-0.25, -0.2) is 0 Å². The fraction of sp³-hybridized carbons (Fsp3) is 0.375. The van der Waals surface area contributed by atoms with Crippen LogP contribution in [0.2, 0.25) is 0 Å². The summed E-state index contributed by atoms with van der Waals surface area (Å²) in [4.78, 5) is 17.0. The second kappa shape index (κ2) is 4.65. The van der Waals surface area contributed by atoms with Crippen molar-refractivity contribution in [3.05, 3.63) is 41.1 Å². The maximum absolute atomic E-state index is 12.4. The van der Waals surface area contributed by atoms with Crippen molar-refractivity contribution >= 4 is 16.8 Å². The summed E-state index contributed by atoms with van der Waals surface area (Å²) in [5.74, 6) is 0.0371. The lowest BCUT2D eigenvalue weighted by molar-refractivity contribution is 0.0949. The summed E-state index contributed by atoms with van der Waals surface area (Å²) in [5.41, 5.74) is 3.68. The van der Waals surface area contributed by atoms with Crippen molar-refractivity contribution in [3.8, 4) is 0 Å². The van der Waals surface area contributed by atoms with Crippen molar-refractivity contribution in [3.63, 3.8) is 0 Å². The topological polar surface area (TPSA) is 42.0 Å². The largest absolute Gasteiger partial charge is 0.349 e. The number of benzene rings is 1. The summed E-state index contributed by atoms with van der Waals surface area (Å²) in [6.07, 6.45) is 2.99. The number of fused-ring (bicyclic) bond motifs is 1. The quantitative estimate of drug-likeness (QED) is 0.915. The van der Waals surface area contributed by atoms with Gasteiger partial charge in [0.05, 0.1) is 16.8 Å². The molecular weight excluding hydrogens is 236 g/mol. The third-order valence-electron chi connectivity index (χ3n) is 3.70. The molecule has 1 aromatic heterocycles. The summed E-state index contributed by atoms with van der Waals surface area (Å²) in [5, 5.41) is 4.14. The molecular formula is C16H18N2O. The number of hydrogen-bond donors (Lipinski definition) is 1. The first-order valence-corrected chi connectivity index (χ1v) is 6.89. The first-order valence-electron chi connectivity index (χ1n) is 6.89. The number of aryl methyl sites for hydroxylation is 2. The number of rotatable bonds is 3. The SMILES string of the molecule is CCc1nc2ccccc2c(C)c1C(=O)NC1CC1. The minimum Gasteiger partial charge on any atom is -0.349 e. The zero-order valence-electron chi connectivity index (χ0n) is 11.4. The van der Waals surface area contributed by atoms with Gasteiger partial charge in [-0.05, 0) is 37.8 Å². The number of carbonyl (C=O) groups excluding carboxylic acids is 1. The van der Waals surface area contributed by atoms with E-state index >= 15 is 0 Å². The van der Waals surface area contributed by atoms with E-state index in [0.717, 1.165) is 47.0 Å². The minimum atomic E-state index is 0.0371. The Morgan fingerprint density at radius 3 is 2.79 bits per heavy atom. The average Bonchev–Trinajstić information content (AvgIpc) is 3.22. The molecule has 1 aliphatic carbocycles. The van der Waals surface area contributed by atoms with E-state index in [1.165, 1.54) is 0 Å². The van der Waals surface area contributed by atoms with Gasteiger partial charge < -0.3 is 5.32 Å². The Morgan fingerprint density at radius 1 is 1.37 bits per heavy atom. The monoisotopic (exact) mass is 254 g/mol. The number of aromatic nitrogens is 1. The zero-order chi connectivity index (χ0) is 13.4. The standard InChI is InChI=1S/C16H18N2O/c1-3-13-15(16(19)17-11-8-9-11)10(2)12-6-4-5-7-14(12)18-13/h4-7,11H,3,8-9H2,1-2H3,(H,17,19). The summed E-state index contributed by atoms with van der Waals surface area (Å²) < 4.78 is 0. The van der Waals surface area contributed by atoms with E-state index in [4.69, 9.17) is 0 Å². The molecule has 0 saturated heterocycles. The summed E-state index contributed by atoms with van der Waals surface area (Å²) >= 11 is 0. The number of carbonyl (C=O) groups is 1. The highest BCUT2D eigenvalue weighted by atomic mass is 16.1. The van der Waals surface area contributed by atoms with Crippen LogP contribution in [0.3, 0.4) is 0 Å². The molecule has 0 spiro atoms. The third kappa shape index (κ3) is 2.21. The van der Waals surface area contributed by atoms with E-state index in [1.54, 1.807) is 0 Å². The molecule has 98 valence electrons. The molecule has 1 N–H and O–H groups in total. The van der Waals surface area contributed by atoms with Crippen molar-refractivity contribution in [2.24, 2.45) is 0 Å². The Bertz CT molecular complexity index is 644. The van der Waals surface area contributed by atoms with Crippen LogP contribution in [0.25, 0.3) is 10.9 Å². The Morgan fingerprint density at radius 2 is 2.11 bits per heavy atom. The van der Waals surface area contributed by atoms with E-state index in [1.807, 2.05) is 38.1 Å². The predicted molar refractivity (Wildman–Crippen MR) is 76.3 cm³/mol. The second-order valence-electron chi connectivity index (χ2n) is 5.18. The van der Waals surface area contributed by atoms with Gasteiger partial charge in [-0.2, -0.15) is 0 Å². The Labute approximate surface area is 113 Å². The van der Waals surface area contributed by atoms with Crippen molar-refractivity contribution < 1.29 is 4.79 Å². The van der Waals surface area contributed by atoms with Gasteiger partial charge in [0.25, 0.3) is 5.91 Å². The minimum absolute atomic E-state index is 0.0371. The molecule has 0 radical (unpaired) electrons. The predicted octanol–water partition coefficient (Wildman–Crippen LogP) is 3.00. The van der Waals surface area contributed by atoms with Gasteiger partial charge in [-0.15, -0.1) is 0 Å². The highest BCUT2D eigenvalue weighted by Crippen LogP contribution is 2.25. The molecule has 2 aromatic rings. The highest BCUT2D eigenvalue weighted by Gasteiger charge is 2.26. The number of nitrogens with zero attached hydrogens (tertiary/aromatic N) is 1. The van der Waals surface area contributed by atoms with Crippen molar-refractivity contribution in [1.29, 1.82) is 0 Å². The van der Waals surface area contributed by atoms with Crippen LogP contribution < -0.4 is 5.32 Å². The lowest BCUT2D eigenvalue weighted by atomic mass is 9.99. The van der Waals surface area contributed by atoms with E-state index in [9.17, 15) is 4.79 Å². The maximum atomic E-state index is 12.4. The molecule has 0 aliphatic heterocycles. The highest BCUT2D eigenvalue weighted by molar-refractivity contribution is 6.01. The van der Waals surface area contributed by atoms with Gasteiger partial charge in [0.15, 0.2) is 0 Å². The van der Waals surface area contributed by atoms with Crippen molar-refractivity contribution in [1.82, 2.24) is 10.3 Å². The molecule has 19 heavy (non-hydrogen) atoms. The normalized spacial score (nSPS) is 14.6. The van der Waals surface area contributed by atoms with Gasteiger partial charge in [0.2, 0.25) is 0 Å². The molecule has 1 fully saturated rings. The van der Waals surface area contributed by atoms with Crippen LogP contribution in [0, 0.1) is 6.92 Å². The fourth-order valence-electron chi connectivity index (χ4n) is 2.48. The molecule has 3 nitrogen and oxygen atoms in total. The molecule has 0 atom stereocenters. The van der Waals surface area contributed by atoms with E-state index in [0.29, 0.717) is 6.04 Å². The molecule has 1 aromatic carbocycles. The van der Waals surface area contributed by atoms with Gasteiger partial charge in [0, 0.05) is 11.4 Å². The van der Waals surface area contributed by atoms with Gasteiger partial charge in [0.1, 0.15) is 0 Å². The number of pyridine rings is 1. The molecule has 3 heteroatoms. The second-order valence-corrected chi connectivity index (χ2v) is 5.18. The Kier molecular flexibility index (Phi) is 2.97. The van der Waals surface area contributed by atoms with Crippen LogP contribution in [0.1, 0.15) is 41.4 Å². The van der Waals surface area contributed by atoms with Crippen LogP contribution in [-0.4, -0.2) is 16.9 Å². The number of nitrogens with one attached hydrogen (secondary N) is 1. The van der Waals surface area contributed by atoms with Crippen LogP contribution >= 0.6 is 0 Å². The fourth-order valence-corrected chi connectivity index (χ4v) is 2.48. The van der Waals surface area contributed by atoms with E-state index in [2.05, 4.69) is 10.3 Å². The van der Waals surface area contributed by atoms with Gasteiger partial charge >= 0.3 is 0 Å². The van der Waals surface area contributed by atoms with Crippen LogP contribution in [0.15, 0.2) is 24.3 Å². The molecule has 1 heterocycles. The molecule has 1 aliphatic rings. The smallest absolute Gasteiger partial charge is 0.253 e. The lowest BCUT2D eigenvalue weighted by Gasteiger charge is -2.13. The summed E-state index contributed by atoms with van der Waals surface area (Å²) in [6, 6.07) is 8.39. The van der Waals surface area contributed by atoms with E-state index in [-0.39, 0.29) is 5.91 Å². The van der Waals surface area contributed by atoms with E-state index < -0.39 is 0 Å². The number of para-hydroxylation sites is 1. The molecule has 0 unspecified atom stereocenters. The molecule has 3 rings (SSSR count). The van der Waals surface area contributed by atoms with Crippen LogP contribution in [0.4, 0.5) is 0 Å². The zero-order valence-corrected chi connectivity index (χ0v) is 11.4. The first-order chi connectivity index (χ1) is 9.20. The van der Waals surface area contributed by atoms with Gasteiger partial charge in [-0.3, -0.25) is 9.78 Å². The van der Waals surface area contributed by atoms with Crippen LogP contribution in [0.5, 0.6) is 0 Å². The number of amides is 1. The van der Waals surface area contributed by atoms with Gasteiger partial charge in [-0.1, -0.05) is 25.1 Å². The van der Waals surface area contributed by atoms with Crippen molar-refractivity contribution in [2.75, 3.05) is 0 Å². The molecule has 1 amide bonds. The average molecular weight is 254 g/mol. The summed E-state index contributed by atoms with van der Waals surface area (Å²) in [6.45, 7) is 4.06. The molecule has 1 saturated carbocycles. The number of hydrogen-bond acceptors (Lipinski definition) is 2. The van der Waals surface area contributed by atoms with Crippen molar-refractivity contribution in [2.45, 2.75) is 39.2 Å². The summed E-state index contributed by atoms with van der Waals surface area (Å²) in [7, 11) is 0. The Balaban J connectivity index is 2.14. The maximum Gasteiger partial charge on any atom is 0.253 e. The lowest BCUT2D eigenvalue weighted by Crippen LogP contribution is -2.27. The first kappa shape index (κ1) is 12.2. The van der Waals surface area contributed by atoms with Crippen LogP contribution in [-0.2, 0) is 6.42 Å². The Hall–Kier alpha value is -1.90.